The van der Waals surface area contributed by atoms with E-state index in [2.05, 4.69) is 15.5 Å². The van der Waals surface area contributed by atoms with Gasteiger partial charge in [0.25, 0.3) is 5.91 Å². The number of piperazine rings is 1. The Balaban J connectivity index is 1.58. The number of halogens is 1. The molecule has 2 atom stereocenters. The molecule has 1 saturated heterocycles. The van der Waals surface area contributed by atoms with Crippen molar-refractivity contribution in [2.24, 2.45) is 0 Å². The minimum Gasteiger partial charge on any atom is -0.350 e. The first kappa shape index (κ1) is 15.7. The van der Waals surface area contributed by atoms with E-state index < -0.39 is 0 Å². The van der Waals surface area contributed by atoms with Gasteiger partial charge in [0.2, 0.25) is 5.91 Å². The van der Waals surface area contributed by atoms with Gasteiger partial charge in [0.15, 0.2) is 5.69 Å². The Hall–Kier alpha value is -2.77. The lowest BCUT2D eigenvalue weighted by atomic mass is 9.87. The van der Waals surface area contributed by atoms with Crippen LogP contribution in [0.4, 0.5) is 4.39 Å². The second-order valence-corrected chi connectivity index (χ2v) is 6.45. The van der Waals surface area contributed by atoms with E-state index in [1.165, 1.54) is 35.3 Å². The number of carbonyl (C=O) groups excluding carboxylic acids is 2. The lowest BCUT2D eigenvalue weighted by Crippen LogP contribution is -2.62. The van der Waals surface area contributed by atoms with E-state index in [-0.39, 0.29) is 42.0 Å². The fourth-order valence-corrected chi connectivity index (χ4v) is 3.61. The molecule has 1 N–H and O–H groups in total. The van der Waals surface area contributed by atoms with Gasteiger partial charge in [-0.2, -0.15) is 9.90 Å². The van der Waals surface area contributed by atoms with Crippen LogP contribution in [0.5, 0.6) is 0 Å². The van der Waals surface area contributed by atoms with Crippen molar-refractivity contribution in [1.29, 1.82) is 0 Å². The molecule has 0 radical (unpaired) electrons. The molecule has 25 heavy (non-hydrogen) atoms. The maximum Gasteiger partial charge on any atom is 0.276 e. The number of carbonyl (C=O) groups is 2. The van der Waals surface area contributed by atoms with E-state index in [1.54, 1.807) is 4.90 Å². The first-order valence-electron chi connectivity index (χ1n) is 8.40. The molecule has 130 valence electrons. The summed E-state index contributed by atoms with van der Waals surface area (Å²) in [5.41, 5.74) is 0.746. The van der Waals surface area contributed by atoms with E-state index in [4.69, 9.17) is 0 Å². The Labute approximate surface area is 143 Å². The molecule has 0 spiro atoms. The molecular weight excluding hydrogens is 325 g/mol. The van der Waals surface area contributed by atoms with Crippen molar-refractivity contribution in [3.8, 4) is 5.69 Å². The Kier molecular flexibility index (Phi) is 3.95. The zero-order chi connectivity index (χ0) is 17.4. The van der Waals surface area contributed by atoms with Gasteiger partial charge in [0, 0.05) is 6.04 Å². The third kappa shape index (κ3) is 2.99. The third-order valence-corrected chi connectivity index (χ3v) is 4.82. The van der Waals surface area contributed by atoms with Gasteiger partial charge in [-0.25, -0.2) is 4.39 Å². The normalized spacial score (nSPS) is 23.1. The molecule has 1 saturated carbocycles. The first-order valence-corrected chi connectivity index (χ1v) is 8.40. The van der Waals surface area contributed by atoms with Crippen LogP contribution in [0.15, 0.2) is 30.5 Å². The zero-order valence-electron chi connectivity index (χ0n) is 13.6. The van der Waals surface area contributed by atoms with Gasteiger partial charge in [-0.1, -0.05) is 12.8 Å². The Morgan fingerprint density at radius 1 is 1.20 bits per heavy atom. The highest BCUT2D eigenvalue weighted by Crippen LogP contribution is 2.26. The fourth-order valence-electron chi connectivity index (χ4n) is 3.61. The molecule has 2 aliphatic rings. The number of amides is 2. The average molecular weight is 343 g/mol. The van der Waals surface area contributed by atoms with Crippen LogP contribution in [0.25, 0.3) is 5.69 Å². The summed E-state index contributed by atoms with van der Waals surface area (Å²) in [6, 6.07) is 5.72. The number of rotatable bonds is 2. The summed E-state index contributed by atoms with van der Waals surface area (Å²) in [4.78, 5) is 27.7. The summed E-state index contributed by atoms with van der Waals surface area (Å²) in [5.74, 6) is -0.780. The molecule has 0 unspecified atom stereocenters. The Bertz CT molecular complexity index is 804. The van der Waals surface area contributed by atoms with Crippen molar-refractivity contribution in [2.45, 2.75) is 37.8 Å². The van der Waals surface area contributed by atoms with Crippen LogP contribution in [-0.4, -0.2) is 50.3 Å². The van der Waals surface area contributed by atoms with E-state index in [1.807, 2.05) is 0 Å². The lowest BCUT2D eigenvalue weighted by molar-refractivity contribution is -0.127. The van der Waals surface area contributed by atoms with E-state index >= 15 is 0 Å². The van der Waals surface area contributed by atoms with Crippen molar-refractivity contribution in [2.75, 3.05) is 6.54 Å². The molecule has 1 aromatic carbocycles. The molecule has 7 nitrogen and oxygen atoms in total. The van der Waals surface area contributed by atoms with Crippen molar-refractivity contribution < 1.29 is 14.0 Å². The van der Waals surface area contributed by atoms with Crippen LogP contribution in [0.3, 0.4) is 0 Å². The van der Waals surface area contributed by atoms with Crippen molar-refractivity contribution in [1.82, 2.24) is 25.2 Å². The SMILES string of the molecule is O=C1CN(C(=O)c2cnn(-c3ccc(F)cc3)n2)[C@@H]2CCCC[C@@H]2N1. The quantitative estimate of drug-likeness (QED) is 0.891. The lowest BCUT2D eigenvalue weighted by Gasteiger charge is -2.43. The number of nitrogens with one attached hydrogen (secondary N) is 1. The number of fused-ring (bicyclic) bond motifs is 1. The van der Waals surface area contributed by atoms with Crippen molar-refractivity contribution >= 4 is 11.8 Å². The number of aromatic nitrogens is 3. The number of hydrogen-bond donors (Lipinski definition) is 1. The van der Waals surface area contributed by atoms with Crippen LogP contribution in [-0.2, 0) is 4.79 Å². The number of benzene rings is 1. The van der Waals surface area contributed by atoms with Gasteiger partial charge >= 0.3 is 0 Å². The molecule has 1 aromatic heterocycles. The third-order valence-electron chi connectivity index (χ3n) is 4.82. The summed E-state index contributed by atoms with van der Waals surface area (Å²) in [5, 5.41) is 11.3. The molecule has 1 aliphatic heterocycles. The largest absolute Gasteiger partial charge is 0.350 e. The summed E-state index contributed by atoms with van der Waals surface area (Å²) < 4.78 is 13.0. The van der Waals surface area contributed by atoms with Gasteiger partial charge in [-0.05, 0) is 37.1 Å². The predicted molar refractivity (Wildman–Crippen MR) is 86.5 cm³/mol. The molecule has 0 bridgehead atoms. The molecule has 2 aromatic rings. The molecule has 2 fully saturated rings. The van der Waals surface area contributed by atoms with Crippen LogP contribution in [0, 0.1) is 5.82 Å². The van der Waals surface area contributed by atoms with E-state index in [0.717, 1.165) is 25.7 Å². The second kappa shape index (κ2) is 6.27. The van der Waals surface area contributed by atoms with Gasteiger partial charge in [0.1, 0.15) is 12.4 Å². The molecule has 2 heterocycles. The van der Waals surface area contributed by atoms with Crippen molar-refractivity contribution in [3.05, 3.63) is 42.0 Å². The highest BCUT2D eigenvalue weighted by molar-refractivity contribution is 5.95. The smallest absolute Gasteiger partial charge is 0.276 e. The van der Waals surface area contributed by atoms with E-state index in [0.29, 0.717) is 5.69 Å². The summed E-state index contributed by atoms with van der Waals surface area (Å²) in [6.45, 7) is 0.0450. The molecule has 4 rings (SSSR count). The first-order chi connectivity index (χ1) is 12.1. The minimum absolute atomic E-state index is 0.00919. The molecule has 1 aliphatic carbocycles. The maximum atomic E-state index is 13.0. The standard InChI is InChI=1S/C17H18FN5O2/c18-11-5-7-12(8-6-11)23-19-9-14(21-23)17(25)22-10-16(24)20-13-3-1-2-4-15(13)22/h5-9,13,15H,1-4,10H2,(H,20,24)/t13-,15+/m0/s1. The molecule has 8 heteroatoms. The predicted octanol–water partition coefficient (Wildman–Crippen LogP) is 1.29. The van der Waals surface area contributed by atoms with Crippen molar-refractivity contribution in [3.63, 3.8) is 0 Å². The number of hydrogen-bond acceptors (Lipinski definition) is 4. The molecule has 2 amide bonds. The summed E-state index contributed by atoms with van der Waals surface area (Å²) >= 11 is 0. The van der Waals surface area contributed by atoms with E-state index in [9.17, 15) is 14.0 Å². The average Bonchev–Trinajstić information content (AvgIpc) is 3.11. The van der Waals surface area contributed by atoms with Gasteiger partial charge in [0.05, 0.1) is 17.9 Å². The maximum absolute atomic E-state index is 13.0. The fraction of sp³-hybridized carbons (Fsp3) is 0.412. The van der Waals surface area contributed by atoms with Crippen LogP contribution in [0.1, 0.15) is 36.2 Å². The zero-order valence-corrected chi connectivity index (χ0v) is 13.6. The summed E-state index contributed by atoms with van der Waals surface area (Å²) in [6.07, 6.45) is 5.26. The number of nitrogens with zero attached hydrogens (tertiary/aromatic N) is 4. The van der Waals surface area contributed by atoms with Gasteiger partial charge in [-0.15, -0.1) is 5.10 Å². The summed E-state index contributed by atoms with van der Waals surface area (Å²) in [7, 11) is 0. The van der Waals surface area contributed by atoms with Crippen LogP contribution in [0.2, 0.25) is 0 Å². The highest BCUT2D eigenvalue weighted by Gasteiger charge is 2.39. The highest BCUT2D eigenvalue weighted by atomic mass is 19.1. The second-order valence-electron chi connectivity index (χ2n) is 6.45. The monoisotopic (exact) mass is 343 g/mol. The minimum atomic E-state index is -0.352. The Morgan fingerprint density at radius 2 is 1.96 bits per heavy atom. The van der Waals surface area contributed by atoms with Crippen LogP contribution >= 0.6 is 0 Å². The Morgan fingerprint density at radius 3 is 2.76 bits per heavy atom. The van der Waals surface area contributed by atoms with Crippen LogP contribution < -0.4 is 5.32 Å². The molecular formula is C17H18FN5O2. The van der Waals surface area contributed by atoms with Gasteiger partial charge < -0.3 is 10.2 Å². The van der Waals surface area contributed by atoms with Gasteiger partial charge in [-0.3, -0.25) is 9.59 Å². The topological polar surface area (TPSA) is 80.1 Å².